The molecule has 0 aromatic heterocycles. The molecule has 0 saturated carbocycles. The molecule has 2 aliphatic heterocycles. The Morgan fingerprint density at radius 1 is 1.16 bits per heavy atom. The number of benzene rings is 1. The number of rotatable bonds is 3. The molecule has 1 atom stereocenters. The smallest absolute Gasteiger partial charge is 0.124 e. The van der Waals surface area contributed by atoms with Gasteiger partial charge < -0.3 is 14.8 Å². The van der Waals surface area contributed by atoms with Crippen molar-refractivity contribution in [2.45, 2.75) is 25.3 Å². The van der Waals surface area contributed by atoms with E-state index in [1.807, 2.05) is 6.07 Å². The van der Waals surface area contributed by atoms with Crippen molar-refractivity contribution in [3.8, 4) is 5.75 Å². The molecule has 0 bridgehead atoms. The normalized spacial score (nSPS) is 23.7. The lowest BCUT2D eigenvalue weighted by molar-refractivity contribution is 0.0648. The van der Waals surface area contributed by atoms with Crippen molar-refractivity contribution in [1.82, 2.24) is 5.32 Å². The van der Waals surface area contributed by atoms with Gasteiger partial charge in [0.1, 0.15) is 5.75 Å². The predicted molar refractivity (Wildman–Crippen MR) is 78.5 cm³/mol. The maximum Gasteiger partial charge on any atom is 0.124 e. The summed E-state index contributed by atoms with van der Waals surface area (Å²) in [5.41, 5.74) is 1.28. The molecule has 1 aromatic carbocycles. The lowest BCUT2D eigenvalue weighted by Gasteiger charge is -2.30. The van der Waals surface area contributed by atoms with Gasteiger partial charge in [-0.3, -0.25) is 0 Å². The van der Waals surface area contributed by atoms with Crippen molar-refractivity contribution in [3.63, 3.8) is 0 Å². The van der Waals surface area contributed by atoms with E-state index in [2.05, 4.69) is 33.4 Å². The van der Waals surface area contributed by atoms with Gasteiger partial charge in [0, 0.05) is 35.7 Å². The Bertz CT molecular complexity index is 432. The highest BCUT2D eigenvalue weighted by atomic mass is 79.9. The molecule has 1 unspecified atom stereocenters. The third-order valence-electron chi connectivity index (χ3n) is 4.01. The van der Waals surface area contributed by atoms with Crippen molar-refractivity contribution < 1.29 is 9.47 Å². The first-order valence-electron chi connectivity index (χ1n) is 7.06. The van der Waals surface area contributed by atoms with Gasteiger partial charge in [-0.1, -0.05) is 15.9 Å². The van der Waals surface area contributed by atoms with Crippen LogP contribution in [-0.4, -0.2) is 26.4 Å². The third kappa shape index (κ3) is 3.30. The lowest BCUT2D eigenvalue weighted by atomic mass is 9.97. The second-order valence-electron chi connectivity index (χ2n) is 5.34. The van der Waals surface area contributed by atoms with E-state index >= 15 is 0 Å². The van der Waals surface area contributed by atoms with Gasteiger partial charge >= 0.3 is 0 Å². The van der Waals surface area contributed by atoms with Crippen molar-refractivity contribution in [2.75, 3.05) is 26.4 Å². The van der Waals surface area contributed by atoms with Gasteiger partial charge in [-0.15, -0.1) is 0 Å². The summed E-state index contributed by atoms with van der Waals surface area (Å²) in [7, 11) is 0. The van der Waals surface area contributed by atoms with Crippen LogP contribution in [-0.2, 0) is 4.74 Å². The molecule has 2 heterocycles. The highest BCUT2D eigenvalue weighted by Gasteiger charge is 2.23. The Morgan fingerprint density at radius 2 is 2.00 bits per heavy atom. The summed E-state index contributed by atoms with van der Waals surface area (Å²) in [6.07, 6.45) is 3.41. The third-order valence-corrected chi connectivity index (χ3v) is 4.50. The zero-order valence-electron chi connectivity index (χ0n) is 11.0. The monoisotopic (exact) mass is 325 g/mol. The van der Waals surface area contributed by atoms with Crippen molar-refractivity contribution in [2.24, 2.45) is 5.92 Å². The molecule has 2 aliphatic rings. The molecule has 0 aliphatic carbocycles. The first-order valence-corrected chi connectivity index (χ1v) is 7.85. The summed E-state index contributed by atoms with van der Waals surface area (Å²) in [5, 5.41) is 3.72. The predicted octanol–water partition coefficient (Wildman–Crippen LogP) is 3.29. The number of hydrogen-bond donors (Lipinski definition) is 1. The fraction of sp³-hybridized carbons (Fsp3) is 0.600. The molecule has 3 nitrogen and oxygen atoms in total. The van der Waals surface area contributed by atoms with Crippen LogP contribution in [0.2, 0.25) is 0 Å². The van der Waals surface area contributed by atoms with Crippen LogP contribution >= 0.6 is 15.9 Å². The van der Waals surface area contributed by atoms with Crippen LogP contribution in [0, 0.1) is 5.92 Å². The Balaban J connectivity index is 1.64. The van der Waals surface area contributed by atoms with Crippen LogP contribution < -0.4 is 10.1 Å². The Morgan fingerprint density at radius 3 is 2.84 bits per heavy atom. The van der Waals surface area contributed by atoms with E-state index in [9.17, 15) is 0 Å². The standard InChI is InChI=1S/C15H20BrNO2/c16-12-1-2-15-13(9-12)14(5-8-19-15)17-10-11-3-6-18-7-4-11/h1-2,9,11,14,17H,3-8,10H2. The maximum atomic E-state index is 5.72. The molecule has 1 saturated heterocycles. The van der Waals surface area contributed by atoms with Gasteiger partial charge in [-0.05, 0) is 43.5 Å². The van der Waals surface area contributed by atoms with E-state index in [-0.39, 0.29) is 0 Å². The summed E-state index contributed by atoms with van der Waals surface area (Å²) < 4.78 is 12.2. The first-order chi connectivity index (χ1) is 9.33. The summed E-state index contributed by atoms with van der Waals surface area (Å²) in [4.78, 5) is 0. The van der Waals surface area contributed by atoms with Gasteiger partial charge in [0.25, 0.3) is 0 Å². The van der Waals surface area contributed by atoms with Crippen LogP contribution in [0.15, 0.2) is 22.7 Å². The number of ether oxygens (including phenoxy) is 2. The highest BCUT2D eigenvalue weighted by Crippen LogP contribution is 2.34. The zero-order chi connectivity index (χ0) is 13.1. The minimum atomic E-state index is 0.420. The van der Waals surface area contributed by atoms with E-state index in [1.54, 1.807) is 0 Å². The molecule has 0 radical (unpaired) electrons. The number of hydrogen-bond acceptors (Lipinski definition) is 3. The van der Waals surface area contributed by atoms with Crippen LogP contribution in [0.3, 0.4) is 0 Å². The Kier molecular flexibility index (Phi) is 4.41. The first kappa shape index (κ1) is 13.4. The topological polar surface area (TPSA) is 30.5 Å². The molecule has 1 aromatic rings. The van der Waals surface area contributed by atoms with E-state index < -0.39 is 0 Å². The van der Waals surface area contributed by atoms with Gasteiger partial charge in [0.2, 0.25) is 0 Å². The molecule has 0 amide bonds. The van der Waals surface area contributed by atoms with Crippen molar-refractivity contribution in [3.05, 3.63) is 28.2 Å². The van der Waals surface area contributed by atoms with Gasteiger partial charge in [-0.25, -0.2) is 0 Å². The fourth-order valence-corrected chi connectivity index (χ4v) is 3.22. The molecule has 3 rings (SSSR count). The molecule has 1 fully saturated rings. The average Bonchev–Trinajstić information content (AvgIpc) is 2.46. The van der Waals surface area contributed by atoms with Crippen LogP contribution in [0.1, 0.15) is 30.9 Å². The van der Waals surface area contributed by atoms with E-state index in [0.717, 1.165) is 48.9 Å². The summed E-state index contributed by atoms with van der Waals surface area (Å²) in [6.45, 7) is 3.73. The van der Waals surface area contributed by atoms with Crippen molar-refractivity contribution in [1.29, 1.82) is 0 Å². The number of fused-ring (bicyclic) bond motifs is 1. The maximum absolute atomic E-state index is 5.72. The van der Waals surface area contributed by atoms with E-state index in [0.29, 0.717) is 6.04 Å². The molecule has 104 valence electrons. The summed E-state index contributed by atoms with van der Waals surface area (Å²) in [5.74, 6) is 1.78. The van der Waals surface area contributed by atoms with Gasteiger partial charge in [0.15, 0.2) is 0 Å². The summed E-state index contributed by atoms with van der Waals surface area (Å²) >= 11 is 3.55. The fourth-order valence-electron chi connectivity index (χ4n) is 2.84. The Hall–Kier alpha value is -0.580. The molecule has 1 N–H and O–H groups in total. The molecule has 19 heavy (non-hydrogen) atoms. The van der Waals surface area contributed by atoms with E-state index in [1.165, 1.54) is 18.4 Å². The number of nitrogens with one attached hydrogen (secondary N) is 1. The zero-order valence-corrected chi connectivity index (χ0v) is 12.6. The van der Waals surface area contributed by atoms with Gasteiger partial charge in [-0.2, -0.15) is 0 Å². The SMILES string of the molecule is Brc1ccc2c(c1)C(NCC1CCOCC1)CCO2. The van der Waals surface area contributed by atoms with E-state index in [4.69, 9.17) is 9.47 Å². The van der Waals surface area contributed by atoms with Crippen LogP contribution in [0.5, 0.6) is 5.75 Å². The molecular formula is C15H20BrNO2. The largest absolute Gasteiger partial charge is 0.493 e. The molecular weight excluding hydrogens is 306 g/mol. The Labute approximate surface area is 122 Å². The highest BCUT2D eigenvalue weighted by molar-refractivity contribution is 9.10. The van der Waals surface area contributed by atoms with Gasteiger partial charge in [0.05, 0.1) is 6.61 Å². The quantitative estimate of drug-likeness (QED) is 0.925. The number of halogens is 1. The lowest BCUT2D eigenvalue weighted by Crippen LogP contribution is -2.33. The minimum absolute atomic E-state index is 0.420. The second kappa shape index (κ2) is 6.25. The molecule has 0 spiro atoms. The summed E-state index contributed by atoms with van der Waals surface area (Å²) in [6, 6.07) is 6.70. The molecule has 4 heteroatoms. The van der Waals surface area contributed by atoms with Crippen LogP contribution in [0.4, 0.5) is 0 Å². The average molecular weight is 326 g/mol. The minimum Gasteiger partial charge on any atom is -0.493 e. The van der Waals surface area contributed by atoms with Crippen molar-refractivity contribution >= 4 is 15.9 Å². The second-order valence-corrected chi connectivity index (χ2v) is 6.25. The van der Waals surface area contributed by atoms with Crippen LogP contribution in [0.25, 0.3) is 0 Å².